The number of hydrogen-bond donors (Lipinski definition) is 2. The van der Waals surface area contributed by atoms with Crippen molar-refractivity contribution in [2.24, 2.45) is 5.92 Å². The van der Waals surface area contributed by atoms with E-state index >= 15 is 0 Å². The highest BCUT2D eigenvalue weighted by molar-refractivity contribution is 6.01. The van der Waals surface area contributed by atoms with Crippen LogP contribution in [0.5, 0.6) is 5.75 Å². The van der Waals surface area contributed by atoms with E-state index in [-0.39, 0.29) is 17.5 Å². The van der Waals surface area contributed by atoms with Crippen LogP contribution in [0.25, 0.3) is 0 Å². The van der Waals surface area contributed by atoms with Crippen molar-refractivity contribution in [1.82, 2.24) is 5.32 Å². The number of benzene rings is 2. The van der Waals surface area contributed by atoms with Gasteiger partial charge in [-0.3, -0.25) is 19.7 Å². The molecule has 2 N–H and O–H groups in total. The number of non-ortho nitro benzene ring substituents is 1. The third-order valence-corrected chi connectivity index (χ3v) is 3.93. The van der Waals surface area contributed by atoms with Crippen molar-refractivity contribution in [3.63, 3.8) is 0 Å². The number of nitrogens with zero attached hydrogens (tertiary/aromatic N) is 1. The number of hydrogen-bond acceptors (Lipinski definition) is 5. The zero-order valence-corrected chi connectivity index (χ0v) is 15.3. The van der Waals surface area contributed by atoms with Gasteiger partial charge in [-0.25, -0.2) is 0 Å². The topological polar surface area (TPSA) is 111 Å². The van der Waals surface area contributed by atoms with Crippen LogP contribution in [0.1, 0.15) is 24.2 Å². The highest BCUT2D eigenvalue weighted by atomic mass is 16.6. The van der Waals surface area contributed by atoms with Gasteiger partial charge in [-0.1, -0.05) is 13.8 Å². The molecule has 8 nitrogen and oxygen atoms in total. The van der Waals surface area contributed by atoms with Crippen molar-refractivity contribution < 1.29 is 19.2 Å². The number of carbonyl (C=O) groups excluding carboxylic acids is 2. The highest BCUT2D eigenvalue weighted by Crippen LogP contribution is 2.17. The van der Waals surface area contributed by atoms with Crippen molar-refractivity contribution in [3.05, 3.63) is 64.2 Å². The Labute approximate surface area is 156 Å². The van der Waals surface area contributed by atoms with Crippen LogP contribution in [0.15, 0.2) is 48.5 Å². The number of methoxy groups -OCH3 is 1. The maximum absolute atomic E-state index is 12.6. The summed E-state index contributed by atoms with van der Waals surface area (Å²) in [5.74, 6) is -0.316. The summed E-state index contributed by atoms with van der Waals surface area (Å²) in [6.07, 6.45) is 0. The fourth-order valence-corrected chi connectivity index (χ4v) is 2.39. The summed E-state index contributed by atoms with van der Waals surface area (Å²) in [5, 5.41) is 16.1. The Morgan fingerprint density at radius 3 is 2.11 bits per heavy atom. The molecule has 0 bridgehead atoms. The molecule has 0 fully saturated rings. The van der Waals surface area contributed by atoms with Gasteiger partial charge in [-0.15, -0.1) is 0 Å². The SMILES string of the molecule is COc1ccc(C(=O)NC(C(=O)Nc2ccc([N+](=O)[O-])cc2)C(C)C)cc1. The van der Waals surface area contributed by atoms with Gasteiger partial charge in [0.05, 0.1) is 12.0 Å². The molecule has 2 rings (SSSR count). The fourth-order valence-electron chi connectivity index (χ4n) is 2.39. The number of ether oxygens (including phenoxy) is 1. The second-order valence-electron chi connectivity index (χ2n) is 6.22. The number of anilines is 1. The molecular weight excluding hydrogens is 350 g/mol. The molecule has 8 heteroatoms. The predicted octanol–water partition coefficient (Wildman–Crippen LogP) is 3.00. The van der Waals surface area contributed by atoms with Crippen LogP contribution < -0.4 is 15.4 Å². The van der Waals surface area contributed by atoms with E-state index in [1.807, 2.05) is 13.8 Å². The second-order valence-corrected chi connectivity index (χ2v) is 6.22. The summed E-state index contributed by atoms with van der Waals surface area (Å²) in [6, 6.07) is 11.3. The minimum atomic E-state index is -0.769. The normalized spacial score (nSPS) is 11.6. The molecule has 0 aliphatic rings. The molecule has 0 heterocycles. The number of amides is 2. The monoisotopic (exact) mass is 371 g/mol. The Balaban J connectivity index is 2.07. The van der Waals surface area contributed by atoms with Crippen molar-refractivity contribution in [1.29, 1.82) is 0 Å². The predicted molar refractivity (Wildman–Crippen MR) is 101 cm³/mol. The number of carbonyl (C=O) groups is 2. The maximum Gasteiger partial charge on any atom is 0.269 e. The Bertz CT molecular complexity index is 816. The van der Waals surface area contributed by atoms with Crippen LogP contribution in [0.2, 0.25) is 0 Å². The Morgan fingerprint density at radius 2 is 1.63 bits per heavy atom. The molecule has 0 aliphatic heterocycles. The third-order valence-electron chi connectivity index (χ3n) is 3.93. The van der Waals surface area contributed by atoms with Gasteiger partial charge in [0.15, 0.2) is 0 Å². The molecule has 2 amide bonds. The standard InChI is InChI=1S/C19H21N3O5/c1-12(2)17(21-18(23)13-4-10-16(27-3)11-5-13)19(24)20-14-6-8-15(9-7-14)22(25)26/h4-12,17H,1-3H3,(H,20,24)(H,21,23). The smallest absolute Gasteiger partial charge is 0.269 e. The van der Waals surface area contributed by atoms with Crippen LogP contribution in [0, 0.1) is 16.0 Å². The molecular formula is C19H21N3O5. The summed E-state index contributed by atoms with van der Waals surface area (Å²) in [5.41, 5.74) is 0.751. The first-order chi connectivity index (χ1) is 12.8. The molecule has 142 valence electrons. The lowest BCUT2D eigenvalue weighted by molar-refractivity contribution is -0.384. The minimum Gasteiger partial charge on any atom is -0.497 e. The van der Waals surface area contributed by atoms with Crippen LogP contribution in [-0.4, -0.2) is 29.9 Å². The van der Waals surface area contributed by atoms with Gasteiger partial charge in [-0.2, -0.15) is 0 Å². The fraction of sp³-hybridized carbons (Fsp3) is 0.263. The van der Waals surface area contributed by atoms with Gasteiger partial charge in [0.25, 0.3) is 11.6 Å². The molecule has 2 aromatic rings. The summed E-state index contributed by atoms with van der Waals surface area (Å²) in [6.45, 7) is 3.63. The van der Waals surface area contributed by atoms with Gasteiger partial charge in [-0.05, 0) is 42.3 Å². The summed E-state index contributed by atoms with van der Waals surface area (Å²) < 4.78 is 5.06. The average Bonchev–Trinajstić information content (AvgIpc) is 2.66. The van der Waals surface area contributed by atoms with Crippen LogP contribution in [-0.2, 0) is 4.79 Å². The Kier molecular flexibility index (Phi) is 6.48. The first-order valence-corrected chi connectivity index (χ1v) is 8.32. The Morgan fingerprint density at radius 1 is 1.04 bits per heavy atom. The van der Waals surface area contributed by atoms with Crippen molar-refractivity contribution >= 4 is 23.2 Å². The van der Waals surface area contributed by atoms with Crippen LogP contribution in [0.3, 0.4) is 0 Å². The molecule has 0 saturated heterocycles. The number of nitro groups is 1. The lowest BCUT2D eigenvalue weighted by Gasteiger charge is -2.21. The molecule has 1 unspecified atom stereocenters. The summed E-state index contributed by atoms with van der Waals surface area (Å²) in [7, 11) is 1.53. The molecule has 0 aliphatic carbocycles. The van der Waals surface area contributed by atoms with Gasteiger partial charge >= 0.3 is 0 Å². The molecule has 0 saturated carbocycles. The average molecular weight is 371 g/mol. The van der Waals surface area contributed by atoms with Crippen molar-refractivity contribution in [3.8, 4) is 5.75 Å². The number of nitro benzene ring substituents is 1. The third kappa shape index (κ3) is 5.27. The van der Waals surface area contributed by atoms with E-state index in [0.29, 0.717) is 17.0 Å². The first-order valence-electron chi connectivity index (χ1n) is 8.32. The van der Waals surface area contributed by atoms with Crippen molar-refractivity contribution in [2.75, 3.05) is 12.4 Å². The van der Waals surface area contributed by atoms with E-state index in [4.69, 9.17) is 4.74 Å². The molecule has 27 heavy (non-hydrogen) atoms. The van der Waals surface area contributed by atoms with E-state index in [1.54, 1.807) is 24.3 Å². The first kappa shape index (κ1) is 19.9. The lowest BCUT2D eigenvalue weighted by atomic mass is 10.0. The molecule has 0 radical (unpaired) electrons. The van der Waals surface area contributed by atoms with E-state index in [0.717, 1.165) is 0 Å². The second kappa shape index (κ2) is 8.79. The van der Waals surface area contributed by atoms with E-state index in [9.17, 15) is 19.7 Å². The van der Waals surface area contributed by atoms with Crippen LogP contribution in [0.4, 0.5) is 11.4 Å². The van der Waals surface area contributed by atoms with Crippen molar-refractivity contribution in [2.45, 2.75) is 19.9 Å². The van der Waals surface area contributed by atoms with E-state index in [2.05, 4.69) is 10.6 Å². The molecule has 0 spiro atoms. The number of rotatable bonds is 7. The molecule has 1 atom stereocenters. The highest BCUT2D eigenvalue weighted by Gasteiger charge is 2.25. The zero-order valence-electron chi connectivity index (χ0n) is 15.3. The minimum absolute atomic E-state index is 0.0683. The zero-order chi connectivity index (χ0) is 20.0. The number of nitrogens with one attached hydrogen (secondary N) is 2. The summed E-state index contributed by atoms with van der Waals surface area (Å²) >= 11 is 0. The lowest BCUT2D eigenvalue weighted by Crippen LogP contribution is -2.47. The van der Waals surface area contributed by atoms with E-state index in [1.165, 1.54) is 31.4 Å². The van der Waals surface area contributed by atoms with E-state index < -0.39 is 16.9 Å². The quantitative estimate of drug-likeness (QED) is 0.574. The van der Waals surface area contributed by atoms with Gasteiger partial charge in [0.1, 0.15) is 11.8 Å². The van der Waals surface area contributed by atoms with Gasteiger partial charge in [0.2, 0.25) is 5.91 Å². The Hall–Kier alpha value is -3.42. The molecule has 0 aromatic heterocycles. The summed E-state index contributed by atoms with van der Waals surface area (Å²) in [4.78, 5) is 35.2. The largest absolute Gasteiger partial charge is 0.497 e. The van der Waals surface area contributed by atoms with Gasteiger partial charge < -0.3 is 15.4 Å². The van der Waals surface area contributed by atoms with Crippen LogP contribution >= 0.6 is 0 Å². The molecule has 2 aromatic carbocycles. The van der Waals surface area contributed by atoms with Gasteiger partial charge in [0, 0.05) is 23.4 Å². The maximum atomic E-state index is 12.6.